The fraction of sp³-hybridized carbons (Fsp3) is 0.267. The van der Waals surface area contributed by atoms with E-state index in [9.17, 15) is 0 Å². The van der Waals surface area contributed by atoms with Crippen LogP contribution in [0.25, 0.3) is 0 Å². The van der Waals surface area contributed by atoms with Crippen LogP contribution in [0.5, 0.6) is 0 Å². The van der Waals surface area contributed by atoms with Gasteiger partial charge in [-0.3, -0.25) is 0 Å². The molecule has 6 heteroatoms. The first-order valence-corrected chi connectivity index (χ1v) is 8.11. The smallest absolute Gasteiger partial charge is 0.149 e. The summed E-state index contributed by atoms with van der Waals surface area (Å²) < 4.78 is 1.06. The molecule has 0 fully saturated rings. The standard InChI is InChI=1S/C15H16BrCl2N3/c1-3-19-14-12(17)8-13(18)15(20-14)21(2)9-10-4-6-11(16)7-5-10/h4-8H,3,9H2,1-2H3,(H,19,20). The molecule has 0 aliphatic rings. The van der Waals surface area contributed by atoms with Crippen molar-refractivity contribution in [3.63, 3.8) is 0 Å². The van der Waals surface area contributed by atoms with E-state index in [0.29, 0.717) is 28.2 Å². The lowest BCUT2D eigenvalue weighted by Gasteiger charge is -2.21. The highest BCUT2D eigenvalue weighted by molar-refractivity contribution is 9.10. The molecule has 0 saturated carbocycles. The zero-order valence-corrected chi connectivity index (χ0v) is 14.9. The average Bonchev–Trinajstić information content (AvgIpc) is 2.44. The number of hydrogen-bond donors (Lipinski definition) is 1. The highest BCUT2D eigenvalue weighted by Crippen LogP contribution is 2.31. The third-order valence-electron chi connectivity index (χ3n) is 2.95. The van der Waals surface area contributed by atoms with E-state index < -0.39 is 0 Å². The van der Waals surface area contributed by atoms with E-state index in [1.54, 1.807) is 6.07 Å². The van der Waals surface area contributed by atoms with Gasteiger partial charge in [0.1, 0.15) is 11.6 Å². The summed E-state index contributed by atoms with van der Waals surface area (Å²) in [5.74, 6) is 1.36. The van der Waals surface area contributed by atoms with Crippen molar-refractivity contribution in [1.29, 1.82) is 0 Å². The molecule has 0 radical (unpaired) electrons. The molecule has 0 saturated heterocycles. The molecule has 2 rings (SSSR count). The maximum atomic E-state index is 6.26. The zero-order chi connectivity index (χ0) is 15.4. The second-order valence-corrected chi connectivity index (χ2v) is 6.37. The lowest BCUT2D eigenvalue weighted by Crippen LogP contribution is -2.19. The molecule has 112 valence electrons. The molecule has 0 aliphatic carbocycles. The van der Waals surface area contributed by atoms with Gasteiger partial charge in [-0.1, -0.05) is 51.3 Å². The summed E-state index contributed by atoms with van der Waals surface area (Å²) in [7, 11) is 1.96. The molecule has 1 N–H and O–H groups in total. The van der Waals surface area contributed by atoms with E-state index >= 15 is 0 Å². The van der Waals surface area contributed by atoms with Crippen LogP contribution in [0.2, 0.25) is 10.0 Å². The summed E-state index contributed by atoms with van der Waals surface area (Å²) in [5.41, 5.74) is 1.18. The Kier molecular flexibility index (Phi) is 5.73. The van der Waals surface area contributed by atoms with Crippen molar-refractivity contribution in [3.8, 4) is 0 Å². The van der Waals surface area contributed by atoms with Crippen LogP contribution in [-0.2, 0) is 6.54 Å². The Morgan fingerprint density at radius 3 is 2.48 bits per heavy atom. The van der Waals surface area contributed by atoms with Gasteiger partial charge in [0.15, 0.2) is 0 Å². The SMILES string of the molecule is CCNc1nc(N(C)Cc2ccc(Br)cc2)c(Cl)cc1Cl. The Morgan fingerprint density at radius 1 is 1.19 bits per heavy atom. The van der Waals surface area contributed by atoms with Gasteiger partial charge in [-0.2, -0.15) is 0 Å². The lowest BCUT2D eigenvalue weighted by atomic mass is 10.2. The van der Waals surface area contributed by atoms with Crippen molar-refractivity contribution in [1.82, 2.24) is 4.98 Å². The Balaban J connectivity index is 2.23. The molecule has 21 heavy (non-hydrogen) atoms. The van der Waals surface area contributed by atoms with Crippen LogP contribution in [0.15, 0.2) is 34.8 Å². The predicted octanol–water partition coefficient (Wildman–Crippen LogP) is 5.22. The van der Waals surface area contributed by atoms with Crippen LogP contribution < -0.4 is 10.2 Å². The van der Waals surface area contributed by atoms with Crippen LogP contribution in [-0.4, -0.2) is 18.6 Å². The van der Waals surface area contributed by atoms with Crippen molar-refractivity contribution in [2.45, 2.75) is 13.5 Å². The number of benzene rings is 1. The molecule has 0 spiro atoms. The average molecular weight is 389 g/mol. The van der Waals surface area contributed by atoms with E-state index in [4.69, 9.17) is 23.2 Å². The molecule has 3 nitrogen and oxygen atoms in total. The minimum Gasteiger partial charge on any atom is -0.369 e. The minimum absolute atomic E-state index is 0.530. The van der Waals surface area contributed by atoms with Crippen molar-refractivity contribution in [2.75, 3.05) is 23.8 Å². The van der Waals surface area contributed by atoms with E-state index in [1.807, 2.05) is 31.0 Å². The number of nitrogens with zero attached hydrogens (tertiary/aromatic N) is 2. The van der Waals surface area contributed by atoms with Gasteiger partial charge in [0.2, 0.25) is 0 Å². The largest absolute Gasteiger partial charge is 0.369 e. The van der Waals surface area contributed by atoms with Crippen LogP contribution in [0.1, 0.15) is 12.5 Å². The first-order valence-electron chi connectivity index (χ1n) is 6.56. The summed E-state index contributed by atoms with van der Waals surface area (Å²) in [6.07, 6.45) is 0. The highest BCUT2D eigenvalue weighted by atomic mass is 79.9. The second-order valence-electron chi connectivity index (χ2n) is 4.64. The molecule has 0 bridgehead atoms. The van der Waals surface area contributed by atoms with Crippen LogP contribution in [0, 0.1) is 0 Å². The van der Waals surface area contributed by atoms with Gasteiger partial charge < -0.3 is 10.2 Å². The summed E-state index contributed by atoms with van der Waals surface area (Å²) >= 11 is 15.8. The third-order valence-corrected chi connectivity index (χ3v) is 4.04. The van der Waals surface area contributed by atoms with Gasteiger partial charge in [0.05, 0.1) is 10.0 Å². The highest BCUT2D eigenvalue weighted by Gasteiger charge is 2.13. The third kappa shape index (κ3) is 4.25. The maximum Gasteiger partial charge on any atom is 0.149 e. The number of pyridine rings is 1. The Bertz CT molecular complexity index is 617. The summed E-state index contributed by atoms with van der Waals surface area (Å²) in [6, 6.07) is 9.89. The molecular weight excluding hydrogens is 373 g/mol. The predicted molar refractivity (Wildman–Crippen MR) is 94.7 cm³/mol. The zero-order valence-electron chi connectivity index (χ0n) is 11.8. The van der Waals surface area contributed by atoms with Gasteiger partial charge >= 0.3 is 0 Å². The first-order chi connectivity index (χ1) is 10.0. The summed E-state index contributed by atoms with van der Waals surface area (Å²) in [5, 5.41) is 4.21. The molecule has 1 heterocycles. The monoisotopic (exact) mass is 387 g/mol. The van der Waals surface area contributed by atoms with Crippen LogP contribution in [0.4, 0.5) is 11.6 Å². The topological polar surface area (TPSA) is 28.2 Å². The molecule has 0 atom stereocenters. The van der Waals surface area contributed by atoms with Crippen LogP contribution in [0.3, 0.4) is 0 Å². The molecular formula is C15H16BrCl2N3. The fourth-order valence-electron chi connectivity index (χ4n) is 1.95. The molecule has 0 aliphatic heterocycles. The molecule has 1 aromatic carbocycles. The van der Waals surface area contributed by atoms with Crippen molar-refractivity contribution in [2.24, 2.45) is 0 Å². The van der Waals surface area contributed by atoms with Gasteiger partial charge in [-0.25, -0.2) is 4.98 Å². The fourth-order valence-corrected chi connectivity index (χ4v) is 2.79. The van der Waals surface area contributed by atoms with E-state index in [0.717, 1.165) is 11.0 Å². The normalized spacial score (nSPS) is 10.5. The number of rotatable bonds is 5. The number of halogens is 3. The molecule has 0 unspecified atom stereocenters. The number of anilines is 2. The van der Waals surface area contributed by atoms with E-state index in [2.05, 4.69) is 38.4 Å². The Labute approximate surface area is 143 Å². The number of aromatic nitrogens is 1. The van der Waals surface area contributed by atoms with Gasteiger partial charge in [-0.05, 0) is 30.7 Å². The first kappa shape index (κ1) is 16.4. The van der Waals surface area contributed by atoms with Crippen molar-refractivity contribution in [3.05, 3.63) is 50.4 Å². The molecule has 0 amide bonds. The summed E-state index contributed by atoms with van der Waals surface area (Å²) in [6.45, 7) is 3.47. The second kappa shape index (κ2) is 7.34. The molecule has 2 aromatic rings. The minimum atomic E-state index is 0.530. The summed E-state index contributed by atoms with van der Waals surface area (Å²) in [4.78, 5) is 6.52. The maximum absolute atomic E-state index is 6.26. The van der Waals surface area contributed by atoms with Gasteiger partial charge in [-0.15, -0.1) is 0 Å². The number of hydrogen-bond acceptors (Lipinski definition) is 3. The Morgan fingerprint density at radius 2 is 1.86 bits per heavy atom. The number of nitrogens with one attached hydrogen (secondary N) is 1. The Hall–Kier alpha value is -0.970. The van der Waals surface area contributed by atoms with Gasteiger partial charge in [0, 0.05) is 24.6 Å². The quantitative estimate of drug-likeness (QED) is 0.760. The van der Waals surface area contributed by atoms with Crippen LogP contribution >= 0.6 is 39.1 Å². The van der Waals surface area contributed by atoms with Crippen molar-refractivity contribution >= 4 is 50.8 Å². The lowest BCUT2D eigenvalue weighted by molar-refractivity contribution is 0.897. The van der Waals surface area contributed by atoms with Crippen molar-refractivity contribution < 1.29 is 0 Å². The van der Waals surface area contributed by atoms with Gasteiger partial charge in [0.25, 0.3) is 0 Å². The molecule has 1 aromatic heterocycles. The van der Waals surface area contributed by atoms with E-state index in [1.165, 1.54) is 5.56 Å². The van der Waals surface area contributed by atoms with E-state index in [-0.39, 0.29) is 0 Å².